The van der Waals surface area contributed by atoms with Crippen LogP contribution in [0.1, 0.15) is 12.0 Å². The molecule has 1 saturated heterocycles. The Morgan fingerprint density at radius 1 is 1.18 bits per heavy atom. The van der Waals surface area contributed by atoms with Crippen LogP contribution in [0, 0.1) is 0 Å². The Balaban J connectivity index is 1.97. The van der Waals surface area contributed by atoms with Crippen molar-refractivity contribution in [3.8, 4) is 5.75 Å². The van der Waals surface area contributed by atoms with Crippen molar-refractivity contribution in [3.63, 3.8) is 0 Å². The van der Waals surface area contributed by atoms with Gasteiger partial charge in [-0.25, -0.2) is 21.1 Å². The Morgan fingerprint density at radius 3 is 2.32 bits per heavy atom. The van der Waals surface area contributed by atoms with Crippen LogP contribution in [0.5, 0.6) is 5.75 Å². The van der Waals surface area contributed by atoms with Gasteiger partial charge in [0.05, 0.1) is 18.1 Å². The van der Waals surface area contributed by atoms with Crippen molar-refractivity contribution in [3.05, 3.63) is 29.8 Å². The van der Waals surface area contributed by atoms with Gasteiger partial charge < -0.3 is 4.74 Å². The van der Waals surface area contributed by atoms with Crippen molar-refractivity contribution in [2.45, 2.75) is 18.1 Å². The lowest BCUT2D eigenvalue weighted by molar-refractivity contribution is 0.414. The fraction of sp³-hybridized carbons (Fsp3) is 0.571. The second-order valence-corrected chi connectivity index (χ2v) is 9.93. The fourth-order valence-electron chi connectivity index (χ4n) is 2.47. The molecule has 2 rings (SSSR count). The minimum absolute atomic E-state index is 0.0180. The molecular weight excluding hydrogens is 326 g/mol. The summed E-state index contributed by atoms with van der Waals surface area (Å²) in [4.78, 5) is 0. The van der Waals surface area contributed by atoms with E-state index in [9.17, 15) is 16.8 Å². The first-order valence-corrected chi connectivity index (χ1v) is 10.6. The van der Waals surface area contributed by atoms with Gasteiger partial charge in [0.1, 0.15) is 5.75 Å². The highest BCUT2D eigenvalue weighted by molar-refractivity contribution is 7.91. The maximum atomic E-state index is 12.3. The minimum atomic E-state index is -3.43. The Bertz CT molecular complexity index is 710. The van der Waals surface area contributed by atoms with E-state index < -0.39 is 25.1 Å². The number of benzene rings is 1. The van der Waals surface area contributed by atoms with E-state index in [4.69, 9.17) is 4.74 Å². The molecule has 124 valence electrons. The zero-order valence-corrected chi connectivity index (χ0v) is 14.4. The predicted molar refractivity (Wildman–Crippen MR) is 85.3 cm³/mol. The first kappa shape index (κ1) is 17.2. The lowest BCUT2D eigenvalue weighted by Gasteiger charge is -2.16. The van der Waals surface area contributed by atoms with Gasteiger partial charge >= 0.3 is 0 Å². The molecule has 1 aromatic rings. The second-order valence-electron chi connectivity index (χ2n) is 5.51. The summed E-state index contributed by atoms with van der Waals surface area (Å²) in [7, 11) is -5.05. The van der Waals surface area contributed by atoms with Gasteiger partial charge in [0.15, 0.2) is 9.84 Å². The van der Waals surface area contributed by atoms with Crippen LogP contribution in [0.2, 0.25) is 0 Å². The molecule has 0 aromatic heterocycles. The summed E-state index contributed by atoms with van der Waals surface area (Å²) in [6.07, 6.45) is 1.93. The molecule has 0 bridgehead atoms. The van der Waals surface area contributed by atoms with Gasteiger partial charge in [-0.3, -0.25) is 0 Å². The van der Waals surface area contributed by atoms with E-state index in [2.05, 4.69) is 0 Å². The number of nitrogens with zero attached hydrogens (tertiary/aromatic N) is 1. The van der Waals surface area contributed by atoms with Gasteiger partial charge in [-0.15, -0.1) is 0 Å². The molecule has 6 nitrogen and oxygen atoms in total. The van der Waals surface area contributed by atoms with Gasteiger partial charge in [0.25, 0.3) is 0 Å². The topological polar surface area (TPSA) is 80.8 Å². The maximum Gasteiger partial charge on any atom is 0.214 e. The smallest absolute Gasteiger partial charge is 0.214 e. The van der Waals surface area contributed by atoms with Crippen LogP contribution >= 0.6 is 0 Å². The van der Waals surface area contributed by atoms with Crippen LogP contribution in [0.25, 0.3) is 0 Å². The van der Waals surface area contributed by atoms with Gasteiger partial charge in [-0.2, -0.15) is 0 Å². The van der Waals surface area contributed by atoms with Crippen LogP contribution < -0.4 is 4.74 Å². The van der Waals surface area contributed by atoms with Crippen molar-refractivity contribution in [2.24, 2.45) is 0 Å². The third kappa shape index (κ3) is 4.21. The van der Waals surface area contributed by atoms with Crippen LogP contribution in [0.4, 0.5) is 0 Å². The number of sulfonamides is 1. The van der Waals surface area contributed by atoms with E-state index in [1.165, 1.54) is 4.31 Å². The zero-order valence-electron chi connectivity index (χ0n) is 12.7. The first-order chi connectivity index (χ1) is 10.2. The third-order valence-electron chi connectivity index (χ3n) is 3.91. The Kier molecular flexibility index (Phi) is 5.14. The van der Waals surface area contributed by atoms with Crippen molar-refractivity contribution in [1.29, 1.82) is 0 Å². The summed E-state index contributed by atoms with van der Waals surface area (Å²) < 4.78 is 54.0. The molecule has 0 radical (unpaired) electrons. The molecule has 0 spiro atoms. The molecule has 1 atom stereocenters. The summed E-state index contributed by atoms with van der Waals surface area (Å²) >= 11 is 0. The van der Waals surface area contributed by atoms with Crippen molar-refractivity contribution in [1.82, 2.24) is 4.31 Å². The minimum Gasteiger partial charge on any atom is -0.497 e. The van der Waals surface area contributed by atoms with Crippen LogP contribution in [0.15, 0.2) is 24.3 Å². The quantitative estimate of drug-likeness (QED) is 0.756. The molecule has 0 amide bonds. The average Bonchev–Trinajstić information content (AvgIpc) is 2.96. The first-order valence-electron chi connectivity index (χ1n) is 7.02. The monoisotopic (exact) mass is 347 g/mol. The summed E-state index contributed by atoms with van der Waals surface area (Å²) in [5.41, 5.74) is 0.906. The lowest BCUT2D eigenvalue weighted by Crippen LogP contribution is -2.33. The Labute approximate surface area is 132 Å². The van der Waals surface area contributed by atoms with E-state index in [-0.39, 0.29) is 18.8 Å². The van der Waals surface area contributed by atoms with Crippen molar-refractivity contribution >= 4 is 19.9 Å². The molecule has 0 N–H and O–H groups in total. The van der Waals surface area contributed by atoms with E-state index in [1.54, 1.807) is 19.2 Å². The number of sulfone groups is 1. The maximum absolute atomic E-state index is 12.3. The zero-order chi connectivity index (χ0) is 16.4. The standard InChI is InChI=1S/C14H21NO5S2/c1-20-13-5-3-12(4-6-13)8-10-22(18,19)15-9-7-14(11-15)21(2,16)17/h3-6,14H,7-11H2,1-2H3. The van der Waals surface area contributed by atoms with Gasteiger partial charge in [0, 0.05) is 19.3 Å². The number of ether oxygens (including phenoxy) is 1. The molecule has 1 aliphatic rings. The lowest BCUT2D eigenvalue weighted by atomic mass is 10.2. The summed E-state index contributed by atoms with van der Waals surface area (Å²) in [6, 6.07) is 7.24. The Hall–Kier alpha value is -1.12. The van der Waals surface area contributed by atoms with Gasteiger partial charge in [-0.05, 0) is 30.5 Å². The molecule has 1 aliphatic heterocycles. The molecule has 1 aromatic carbocycles. The largest absolute Gasteiger partial charge is 0.497 e. The number of hydrogen-bond acceptors (Lipinski definition) is 5. The molecule has 0 saturated carbocycles. The predicted octanol–water partition coefficient (Wildman–Crippen LogP) is 0.686. The molecule has 22 heavy (non-hydrogen) atoms. The number of methoxy groups -OCH3 is 1. The number of hydrogen-bond donors (Lipinski definition) is 0. The van der Waals surface area contributed by atoms with E-state index in [0.29, 0.717) is 12.8 Å². The molecule has 1 fully saturated rings. The van der Waals surface area contributed by atoms with Crippen molar-refractivity contribution in [2.75, 3.05) is 32.2 Å². The highest BCUT2D eigenvalue weighted by Crippen LogP contribution is 2.20. The molecule has 1 heterocycles. The summed E-state index contributed by atoms with van der Waals surface area (Å²) in [5, 5.41) is -0.580. The number of rotatable bonds is 6. The Morgan fingerprint density at radius 2 is 1.82 bits per heavy atom. The molecule has 1 unspecified atom stereocenters. The molecule has 8 heteroatoms. The molecular formula is C14H21NO5S2. The van der Waals surface area contributed by atoms with E-state index in [1.807, 2.05) is 12.1 Å². The summed E-state index contributed by atoms with van der Waals surface area (Å²) in [5.74, 6) is 0.706. The average molecular weight is 347 g/mol. The van der Waals surface area contributed by atoms with E-state index >= 15 is 0 Å². The highest BCUT2D eigenvalue weighted by atomic mass is 32.2. The summed E-state index contributed by atoms with van der Waals surface area (Å²) in [6.45, 7) is 0.354. The van der Waals surface area contributed by atoms with E-state index in [0.717, 1.165) is 17.6 Å². The second kappa shape index (κ2) is 6.55. The SMILES string of the molecule is COc1ccc(CCS(=O)(=O)N2CCC(S(C)(=O)=O)C2)cc1. The van der Waals surface area contributed by atoms with Crippen LogP contribution in [-0.4, -0.2) is 58.6 Å². The third-order valence-corrected chi connectivity index (χ3v) is 7.35. The normalized spacial score (nSPS) is 20.2. The van der Waals surface area contributed by atoms with Crippen LogP contribution in [-0.2, 0) is 26.3 Å². The van der Waals surface area contributed by atoms with Crippen LogP contribution in [0.3, 0.4) is 0 Å². The van der Waals surface area contributed by atoms with Crippen molar-refractivity contribution < 1.29 is 21.6 Å². The number of aryl methyl sites for hydroxylation is 1. The van der Waals surface area contributed by atoms with Gasteiger partial charge in [-0.1, -0.05) is 12.1 Å². The fourth-order valence-corrected chi connectivity index (χ4v) is 5.09. The molecule has 0 aliphatic carbocycles. The highest BCUT2D eigenvalue weighted by Gasteiger charge is 2.35. The van der Waals surface area contributed by atoms with Gasteiger partial charge in [0.2, 0.25) is 10.0 Å².